The summed E-state index contributed by atoms with van der Waals surface area (Å²) in [5.41, 5.74) is 3.70. The Bertz CT molecular complexity index is 942. The van der Waals surface area contributed by atoms with Gasteiger partial charge in [-0.2, -0.15) is 0 Å². The van der Waals surface area contributed by atoms with Gasteiger partial charge in [-0.15, -0.1) is 0 Å². The molecule has 0 aliphatic carbocycles. The van der Waals surface area contributed by atoms with Crippen LogP contribution >= 0.6 is 0 Å². The van der Waals surface area contributed by atoms with Gasteiger partial charge in [0, 0.05) is 25.8 Å². The van der Waals surface area contributed by atoms with Crippen molar-refractivity contribution in [3.63, 3.8) is 0 Å². The fourth-order valence-corrected chi connectivity index (χ4v) is 3.77. The number of amides is 1. The summed E-state index contributed by atoms with van der Waals surface area (Å²) in [6.07, 6.45) is 0.606. The first-order valence-corrected chi connectivity index (χ1v) is 10.3. The second kappa shape index (κ2) is 9.26. The van der Waals surface area contributed by atoms with Crippen LogP contribution in [0.25, 0.3) is 5.76 Å². The Balaban J connectivity index is 2.10. The number of ether oxygens (including phenoxy) is 1. The predicted molar refractivity (Wildman–Crippen MR) is 117 cm³/mol. The number of Topliss-reactive ketones (excluding diaryl/α,β-unsaturated/α-hetero) is 1. The molecular formula is C25H29NO4. The van der Waals surface area contributed by atoms with Crippen molar-refractivity contribution in [2.24, 2.45) is 0 Å². The molecule has 1 N–H and O–H groups in total. The Morgan fingerprint density at radius 3 is 2.27 bits per heavy atom. The second-order valence-electron chi connectivity index (χ2n) is 8.03. The van der Waals surface area contributed by atoms with Crippen molar-refractivity contribution in [1.82, 2.24) is 4.90 Å². The highest BCUT2D eigenvalue weighted by Crippen LogP contribution is 2.39. The maximum Gasteiger partial charge on any atom is 0.295 e. The molecule has 0 unspecified atom stereocenters. The lowest BCUT2D eigenvalue weighted by Gasteiger charge is -2.25. The molecule has 5 heteroatoms. The normalized spacial score (nSPS) is 18.4. The first-order valence-electron chi connectivity index (χ1n) is 10.3. The Kier molecular flexibility index (Phi) is 6.73. The minimum Gasteiger partial charge on any atom is -0.507 e. The van der Waals surface area contributed by atoms with Crippen molar-refractivity contribution in [3.8, 4) is 0 Å². The van der Waals surface area contributed by atoms with Crippen LogP contribution in [0.1, 0.15) is 54.5 Å². The lowest BCUT2D eigenvalue weighted by molar-refractivity contribution is -0.140. The highest BCUT2D eigenvalue weighted by Gasteiger charge is 2.45. The number of nitrogens with zero attached hydrogens (tertiary/aromatic N) is 1. The van der Waals surface area contributed by atoms with Gasteiger partial charge in [0.1, 0.15) is 5.76 Å². The molecule has 1 aliphatic rings. The molecule has 1 saturated heterocycles. The summed E-state index contributed by atoms with van der Waals surface area (Å²) in [4.78, 5) is 27.3. The molecule has 1 aliphatic heterocycles. The van der Waals surface area contributed by atoms with Crippen LogP contribution in [-0.2, 0) is 14.3 Å². The summed E-state index contributed by atoms with van der Waals surface area (Å²) in [5.74, 6) is -0.999. The van der Waals surface area contributed by atoms with Crippen LogP contribution in [0.5, 0.6) is 0 Å². The van der Waals surface area contributed by atoms with E-state index in [1.807, 2.05) is 43.3 Å². The Morgan fingerprint density at radius 1 is 1.07 bits per heavy atom. The zero-order valence-corrected chi connectivity index (χ0v) is 18.0. The fraction of sp³-hybridized carbons (Fsp3) is 0.360. The van der Waals surface area contributed by atoms with Crippen molar-refractivity contribution in [2.45, 2.75) is 39.2 Å². The average molecular weight is 408 g/mol. The molecule has 1 atom stereocenters. The van der Waals surface area contributed by atoms with Gasteiger partial charge in [0.2, 0.25) is 0 Å². The van der Waals surface area contributed by atoms with Crippen molar-refractivity contribution in [3.05, 3.63) is 76.4 Å². The molecule has 30 heavy (non-hydrogen) atoms. The Hall–Kier alpha value is -2.92. The number of ketones is 1. The van der Waals surface area contributed by atoms with E-state index < -0.39 is 17.7 Å². The summed E-state index contributed by atoms with van der Waals surface area (Å²) in [6.45, 7) is 7.04. The highest BCUT2D eigenvalue weighted by atomic mass is 16.5. The standard InChI is InChI=1S/C25H29NO4/c1-16(2)18-10-12-19(13-11-18)22-21(23(27)20-8-6-17(3)7-9-20)24(28)25(29)26(22)14-5-15-30-4/h6-13,16,22,27H,5,14-15H2,1-4H3/b23-21+/t22-/m0/s1. The molecule has 0 radical (unpaired) electrons. The number of aliphatic hydroxyl groups excluding tert-OH is 1. The maximum absolute atomic E-state index is 12.9. The van der Waals surface area contributed by atoms with Crippen LogP contribution in [0.3, 0.4) is 0 Å². The van der Waals surface area contributed by atoms with Gasteiger partial charge in [0.15, 0.2) is 0 Å². The van der Waals surface area contributed by atoms with Gasteiger partial charge >= 0.3 is 0 Å². The number of hydrogen-bond acceptors (Lipinski definition) is 4. The lowest BCUT2D eigenvalue weighted by atomic mass is 9.93. The molecule has 158 valence electrons. The summed E-state index contributed by atoms with van der Waals surface area (Å²) in [5, 5.41) is 11.0. The van der Waals surface area contributed by atoms with Crippen molar-refractivity contribution in [1.29, 1.82) is 0 Å². The van der Waals surface area contributed by atoms with Crippen molar-refractivity contribution < 1.29 is 19.4 Å². The SMILES string of the molecule is COCCCN1C(=O)C(=O)/C(=C(/O)c2ccc(C)cc2)[C@@H]1c1ccc(C(C)C)cc1. The van der Waals surface area contributed by atoms with Crippen LogP contribution in [-0.4, -0.2) is 42.0 Å². The van der Waals surface area contributed by atoms with Gasteiger partial charge in [-0.25, -0.2) is 0 Å². The van der Waals surface area contributed by atoms with E-state index in [0.29, 0.717) is 31.1 Å². The van der Waals surface area contributed by atoms with E-state index in [4.69, 9.17) is 4.74 Å². The quantitative estimate of drug-likeness (QED) is 0.316. The summed E-state index contributed by atoms with van der Waals surface area (Å²) < 4.78 is 5.12. The molecule has 1 fully saturated rings. The van der Waals surface area contributed by atoms with Gasteiger partial charge in [-0.3, -0.25) is 9.59 Å². The minimum atomic E-state index is -0.650. The highest BCUT2D eigenvalue weighted by molar-refractivity contribution is 6.46. The van der Waals surface area contributed by atoms with E-state index >= 15 is 0 Å². The smallest absolute Gasteiger partial charge is 0.295 e. The number of methoxy groups -OCH3 is 1. The van der Waals surface area contributed by atoms with Gasteiger partial charge < -0.3 is 14.7 Å². The van der Waals surface area contributed by atoms with E-state index in [-0.39, 0.29) is 11.3 Å². The minimum absolute atomic E-state index is 0.138. The number of rotatable bonds is 7. The number of aryl methyl sites for hydroxylation is 1. The monoisotopic (exact) mass is 407 g/mol. The third-order valence-electron chi connectivity index (χ3n) is 5.53. The van der Waals surface area contributed by atoms with E-state index in [1.54, 1.807) is 24.1 Å². The third-order valence-corrected chi connectivity index (χ3v) is 5.53. The van der Waals surface area contributed by atoms with E-state index in [9.17, 15) is 14.7 Å². The van der Waals surface area contributed by atoms with Crippen molar-refractivity contribution in [2.75, 3.05) is 20.3 Å². The first kappa shape index (κ1) is 21.8. The van der Waals surface area contributed by atoms with Gasteiger partial charge in [0.05, 0.1) is 11.6 Å². The van der Waals surface area contributed by atoms with Crippen LogP contribution in [0.4, 0.5) is 0 Å². The number of aliphatic hydroxyl groups is 1. The molecule has 2 aromatic rings. The predicted octanol–water partition coefficient (Wildman–Crippen LogP) is 4.58. The van der Waals surface area contributed by atoms with Crippen LogP contribution in [0, 0.1) is 6.92 Å². The Labute approximate surface area is 178 Å². The molecule has 1 heterocycles. The average Bonchev–Trinajstić information content (AvgIpc) is 2.99. The topological polar surface area (TPSA) is 66.8 Å². The zero-order chi connectivity index (χ0) is 21.8. The number of hydrogen-bond donors (Lipinski definition) is 1. The summed E-state index contributed by atoms with van der Waals surface area (Å²) in [7, 11) is 1.60. The van der Waals surface area contributed by atoms with Crippen LogP contribution in [0.2, 0.25) is 0 Å². The Morgan fingerprint density at radius 2 is 1.70 bits per heavy atom. The molecule has 1 amide bonds. The van der Waals surface area contributed by atoms with Gasteiger partial charge in [-0.1, -0.05) is 67.9 Å². The molecule has 0 spiro atoms. The molecule has 0 bridgehead atoms. The third kappa shape index (κ3) is 4.31. The fourth-order valence-electron chi connectivity index (χ4n) is 3.77. The maximum atomic E-state index is 12.9. The van der Waals surface area contributed by atoms with E-state index in [1.165, 1.54) is 5.56 Å². The molecule has 5 nitrogen and oxygen atoms in total. The van der Waals surface area contributed by atoms with Gasteiger partial charge in [-0.05, 0) is 30.4 Å². The number of carbonyl (C=O) groups excluding carboxylic acids is 2. The molecular weight excluding hydrogens is 378 g/mol. The first-order chi connectivity index (χ1) is 14.3. The molecule has 0 aromatic heterocycles. The zero-order valence-electron chi connectivity index (χ0n) is 18.0. The molecule has 0 saturated carbocycles. The second-order valence-corrected chi connectivity index (χ2v) is 8.03. The van der Waals surface area contributed by atoms with Crippen LogP contribution < -0.4 is 0 Å². The number of likely N-dealkylation sites (tertiary alicyclic amines) is 1. The summed E-state index contributed by atoms with van der Waals surface area (Å²) in [6, 6.07) is 14.6. The van der Waals surface area contributed by atoms with Crippen molar-refractivity contribution >= 4 is 17.4 Å². The van der Waals surface area contributed by atoms with Gasteiger partial charge in [0.25, 0.3) is 11.7 Å². The van der Waals surface area contributed by atoms with E-state index in [2.05, 4.69) is 13.8 Å². The molecule has 3 rings (SSSR count). The van der Waals surface area contributed by atoms with E-state index in [0.717, 1.165) is 11.1 Å². The summed E-state index contributed by atoms with van der Waals surface area (Å²) >= 11 is 0. The molecule has 2 aromatic carbocycles. The number of carbonyl (C=O) groups is 2. The number of benzene rings is 2. The largest absolute Gasteiger partial charge is 0.507 e. The lowest BCUT2D eigenvalue weighted by Crippen LogP contribution is -2.31. The van der Waals surface area contributed by atoms with Crippen LogP contribution in [0.15, 0.2) is 54.1 Å².